The Bertz CT molecular complexity index is 435. The van der Waals surface area contributed by atoms with Crippen molar-refractivity contribution in [1.82, 2.24) is 5.32 Å². The smallest absolute Gasteiger partial charge is 0.242 e. The zero-order chi connectivity index (χ0) is 14.4. The monoisotopic (exact) mass is 268 g/mol. The Labute approximate surface area is 113 Å². The van der Waals surface area contributed by atoms with Crippen molar-refractivity contribution < 1.29 is 13.9 Å². The molecule has 5 heteroatoms. The lowest BCUT2D eigenvalue weighted by molar-refractivity contribution is -0.121. The molecule has 1 aromatic carbocycles. The molecular weight excluding hydrogens is 247 g/mol. The van der Waals surface area contributed by atoms with E-state index in [9.17, 15) is 9.18 Å². The van der Waals surface area contributed by atoms with E-state index in [1.165, 1.54) is 19.2 Å². The molecular formula is C14H21FN2O2. The summed E-state index contributed by atoms with van der Waals surface area (Å²) in [5.74, 6) is 0.0178. The van der Waals surface area contributed by atoms with Gasteiger partial charge in [-0.15, -0.1) is 0 Å². The minimum atomic E-state index is -0.456. The van der Waals surface area contributed by atoms with Crippen LogP contribution in [0.4, 0.5) is 10.1 Å². The average molecular weight is 268 g/mol. The molecule has 1 atom stereocenters. The van der Waals surface area contributed by atoms with Gasteiger partial charge in [-0.05, 0) is 25.0 Å². The molecule has 4 nitrogen and oxygen atoms in total. The quantitative estimate of drug-likeness (QED) is 0.833. The molecule has 106 valence electrons. The maximum atomic E-state index is 13.5. The molecule has 0 aliphatic heterocycles. The van der Waals surface area contributed by atoms with Crippen LogP contribution in [0.5, 0.6) is 5.75 Å². The van der Waals surface area contributed by atoms with Gasteiger partial charge in [0.15, 0.2) is 11.6 Å². The van der Waals surface area contributed by atoms with Gasteiger partial charge >= 0.3 is 0 Å². The highest BCUT2D eigenvalue weighted by atomic mass is 19.1. The first-order valence-electron chi connectivity index (χ1n) is 6.31. The van der Waals surface area contributed by atoms with Crippen LogP contribution in [-0.4, -0.2) is 25.6 Å². The highest BCUT2D eigenvalue weighted by molar-refractivity contribution is 5.84. The number of hydrogen-bond donors (Lipinski definition) is 2. The van der Waals surface area contributed by atoms with Crippen LogP contribution in [0, 0.1) is 11.7 Å². The summed E-state index contributed by atoms with van der Waals surface area (Å²) >= 11 is 0. The van der Waals surface area contributed by atoms with Gasteiger partial charge in [-0.3, -0.25) is 4.79 Å². The number of benzene rings is 1. The first-order chi connectivity index (χ1) is 8.93. The summed E-state index contributed by atoms with van der Waals surface area (Å²) in [6.45, 7) is 6.41. The Balaban J connectivity index is 2.58. The van der Waals surface area contributed by atoms with E-state index in [-0.39, 0.29) is 11.7 Å². The summed E-state index contributed by atoms with van der Waals surface area (Å²) in [5, 5.41) is 5.77. The molecule has 0 aliphatic carbocycles. The fourth-order valence-corrected chi connectivity index (χ4v) is 1.53. The van der Waals surface area contributed by atoms with Crippen LogP contribution in [0.1, 0.15) is 20.8 Å². The van der Waals surface area contributed by atoms with E-state index >= 15 is 0 Å². The first kappa shape index (κ1) is 15.3. The second kappa shape index (κ2) is 6.97. The van der Waals surface area contributed by atoms with Crippen molar-refractivity contribution >= 4 is 11.6 Å². The Hall–Kier alpha value is -1.78. The second-order valence-corrected chi connectivity index (χ2v) is 4.85. The minimum absolute atomic E-state index is 0.107. The first-order valence-corrected chi connectivity index (χ1v) is 6.31. The fraction of sp³-hybridized carbons (Fsp3) is 0.500. The fourth-order valence-electron chi connectivity index (χ4n) is 1.53. The predicted molar refractivity (Wildman–Crippen MR) is 73.9 cm³/mol. The topological polar surface area (TPSA) is 50.4 Å². The molecule has 19 heavy (non-hydrogen) atoms. The molecule has 0 heterocycles. The number of anilines is 1. The maximum Gasteiger partial charge on any atom is 0.242 e. The third-order valence-electron chi connectivity index (χ3n) is 2.61. The van der Waals surface area contributed by atoms with Gasteiger partial charge in [0.1, 0.15) is 6.04 Å². The maximum absolute atomic E-state index is 13.5. The molecule has 1 rings (SSSR count). The number of rotatable bonds is 6. The van der Waals surface area contributed by atoms with Gasteiger partial charge in [0.05, 0.1) is 7.11 Å². The van der Waals surface area contributed by atoms with Crippen molar-refractivity contribution in [3.8, 4) is 5.75 Å². The average Bonchev–Trinajstić information content (AvgIpc) is 2.36. The number of halogens is 1. The standard InChI is InChI=1S/C14H21FN2O2/c1-9(2)8-16-14(18)10(3)17-11-5-6-13(19-4)12(15)7-11/h5-7,9-10,17H,8H2,1-4H3,(H,16,18). The number of hydrogen-bond acceptors (Lipinski definition) is 3. The summed E-state index contributed by atoms with van der Waals surface area (Å²) in [4.78, 5) is 11.8. The lowest BCUT2D eigenvalue weighted by Gasteiger charge is -2.16. The van der Waals surface area contributed by atoms with Gasteiger partial charge in [-0.2, -0.15) is 0 Å². The van der Waals surface area contributed by atoms with E-state index < -0.39 is 11.9 Å². The molecule has 0 spiro atoms. The number of carbonyl (C=O) groups excluding carboxylic acids is 1. The van der Waals surface area contributed by atoms with Crippen molar-refractivity contribution in [2.24, 2.45) is 5.92 Å². The number of nitrogens with one attached hydrogen (secondary N) is 2. The molecule has 0 aliphatic rings. The van der Waals surface area contributed by atoms with Crippen LogP contribution in [0.15, 0.2) is 18.2 Å². The van der Waals surface area contributed by atoms with E-state index in [2.05, 4.69) is 10.6 Å². The van der Waals surface area contributed by atoms with Crippen LogP contribution >= 0.6 is 0 Å². The van der Waals surface area contributed by atoms with Crippen LogP contribution in [-0.2, 0) is 4.79 Å². The third kappa shape index (κ3) is 4.77. The normalized spacial score (nSPS) is 12.1. The van der Waals surface area contributed by atoms with E-state index in [1.807, 2.05) is 13.8 Å². The second-order valence-electron chi connectivity index (χ2n) is 4.85. The van der Waals surface area contributed by atoms with E-state index in [4.69, 9.17) is 4.74 Å². The minimum Gasteiger partial charge on any atom is -0.494 e. The summed E-state index contributed by atoms with van der Waals surface area (Å²) in [5.41, 5.74) is 0.547. The lowest BCUT2D eigenvalue weighted by Crippen LogP contribution is -2.39. The van der Waals surface area contributed by atoms with Crippen molar-refractivity contribution in [1.29, 1.82) is 0 Å². The molecule has 0 fully saturated rings. The molecule has 0 radical (unpaired) electrons. The predicted octanol–water partition coefficient (Wildman–Crippen LogP) is 2.41. The summed E-state index contributed by atoms with van der Waals surface area (Å²) < 4.78 is 18.3. The van der Waals surface area contributed by atoms with Gasteiger partial charge in [0.2, 0.25) is 5.91 Å². The molecule has 1 aromatic rings. The highest BCUT2D eigenvalue weighted by Crippen LogP contribution is 2.21. The van der Waals surface area contributed by atoms with Crippen molar-refractivity contribution in [2.75, 3.05) is 19.0 Å². The largest absolute Gasteiger partial charge is 0.494 e. The Morgan fingerprint density at radius 3 is 2.58 bits per heavy atom. The molecule has 2 N–H and O–H groups in total. The Morgan fingerprint density at radius 2 is 2.05 bits per heavy atom. The van der Waals surface area contributed by atoms with Gasteiger partial charge in [0, 0.05) is 18.3 Å². The van der Waals surface area contributed by atoms with Crippen molar-refractivity contribution in [3.05, 3.63) is 24.0 Å². The van der Waals surface area contributed by atoms with E-state index in [1.54, 1.807) is 13.0 Å². The number of carbonyl (C=O) groups is 1. The van der Waals surface area contributed by atoms with Crippen LogP contribution in [0.2, 0.25) is 0 Å². The summed E-state index contributed by atoms with van der Waals surface area (Å²) in [7, 11) is 1.41. The molecule has 0 saturated heterocycles. The van der Waals surface area contributed by atoms with E-state index in [0.29, 0.717) is 18.2 Å². The van der Waals surface area contributed by atoms with Gasteiger partial charge < -0.3 is 15.4 Å². The zero-order valence-electron chi connectivity index (χ0n) is 11.8. The molecule has 0 aromatic heterocycles. The van der Waals surface area contributed by atoms with Gasteiger partial charge in [-0.25, -0.2) is 4.39 Å². The summed E-state index contributed by atoms with van der Waals surface area (Å²) in [6, 6.07) is 4.09. The Kier molecular flexibility index (Phi) is 5.60. The summed E-state index contributed by atoms with van der Waals surface area (Å²) in [6.07, 6.45) is 0. The highest BCUT2D eigenvalue weighted by Gasteiger charge is 2.13. The van der Waals surface area contributed by atoms with E-state index in [0.717, 1.165) is 0 Å². The zero-order valence-corrected chi connectivity index (χ0v) is 11.8. The molecule has 1 unspecified atom stereocenters. The SMILES string of the molecule is COc1ccc(NC(C)C(=O)NCC(C)C)cc1F. The molecule has 1 amide bonds. The number of amides is 1. The van der Waals surface area contributed by atoms with Crippen LogP contribution in [0.25, 0.3) is 0 Å². The van der Waals surface area contributed by atoms with Gasteiger partial charge in [-0.1, -0.05) is 13.8 Å². The van der Waals surface area contributed by atoms with Gasteiger partial charge in [0.25, 0.3) is 0 Å². The van der Waals surface area contributed by atoms with Crippen molar-refractivity contribution in [2.45, 2.75) is 26.8 Å². The third-order valence-corrected chi connectivity index (χ3v) is 2.61. The lowest BCUT2D eigenvalue weighted by atomic mass is 10.2. The molecule has 0 saturated carbocycles. The Morgan fingerprint density at radius 1 is 1.37 bits per heavy atom. The number of methoxy groups -OCH3 is 1. The molecule has 0 bridgehead atoms. The number of ether oxygens (including phenoxy) is 1. The van der Waals surface area contributed by atoms with Crippen LogP contribution < -0.4 is 15.4 Å². The van der Waals surface area contributed by atoms with Crippen molar-refractivity contribution in [3.63, 3.8) is 0 Å². The van der Waals surface area contributed by atoms with Crippen LogP contribution in [0.3, 0.4) is 0 Å².